The first-order valence-corrected chi connectivity index (χ1v) is 7.00. The predicted octanol–water partition coefficient (Wildman–Crippen LogP) is 2.54. The lowest BCUT2D eigenvalue weighted by Gasteiger charge is -2.23. The van der Waals surface area contributed by atoms with Gasteiger partial charge in [-0.2, -0.15) is 0 Å². The third-order valence-electron chi connectivity index (χ3n) is 2.74. The molecule has 0 aliphatic heterocycles. The lowest BCUT2D eigenvalue weighted by molar-refractivity contribution is -0.159. The molecular formula is C16H25NO3. The molecule has 1 aromatic rings. The number of benzene rings is 1. The van der Waals surface area contributed by atoms with Crippen molar-refractivity contribution in [2.45, 2.75) is 39.7 Å². The van der Waals surface area contributed by atoms with Crippen LogP contribution < -0.4 is 10.5 Å². The average Bonchev–Trinajstić information content (AvgIpc) is 2.36. The van der Waals surface area contributed by atoms with Crippen molar-refractivity contribution in [3.05, 3.63) is 29.8 Å². The summed E-state index contributed by atoms with van der Waals surface area (Å²) in [6.45, 7) is 8.44. The van der Waals surface area contributed by atoms with Gasteiger partial charge >= 0.3 is 5.97 Å². The number of rotatable bonds is 6. The number of esters is 1. The topological polar surface area (TPSA) is 61.5 Å². The zero-order valence-corrected chi connectivity index (χ0v) is 12.8. The molecule has 1 rings (SSSR count). The lowest BCUT2D eigenvalue weighted by Crippen LogP contribution is -2.33. The third-order valence-corrected chi connectivity index (χ3v) is 2.74. The Bertz CT molecular complexity index is 420. The molecule has 4 heteroatoms. The van der Waals surface area contributed by atoms with Crippen molar-refractivity contribution in [1.82, 2.24) is 0 Å². The van der Waals surface area contributed by atoms with Crippen LogP contribution in [0.4, 0.5) is 0 Å². The Labute approximate surface area is 121 Å². The summed E-state index contributed by atoms with van der Waals surface area (Å²) in [6.07, 6.45) is 0.581. The van der Waals surface area contributed by atoms with Crippen LogP contribution in [0.3, 0.4) is 0 Å². The van der Waals surface area contributed by atoms with Gasteiger partial charge in [0.2, 0.25) is 0 Å². The highest BCUT2D eigenvalue weighted by atomic mass is 16.6. The van der Waals surface area contributed by atoms with Crippen molar-refractivity contribution in [2.24, 2.45) is 11.7 Å². The Morgan fingerprint density at radius 2 is 1.85 bits per heavy atom. The second-order valence-corrected chi connectivity index (χ2v) is 5.75. The van der Waals surface area contributed by atoms with Crippen molar-refractivity contribution >= 4 is 5.97 Å². The van der Waals surface area contributed by atoms with Gasteiger partial charge in [-0.15, -0.1) is 0 Å². The highest BCUT2D eigenvalue weighted by Gasteiger charge is 2.24. The Morgan fingerprint density at radius 1 is 1.25 bits per heavy atom. The number of ether oxygens (including phenoxy) is 2. The summed E-state index contributed by atoms with van der Waals surface area (Å²) in [5, 5.41) is 0. The maximum atomic E-state index is 12.0. The average molecular weight is 279 g/mol. The summed E-state index contributed by atoms with van der Waals surface area (Å²) in [4.78, 5) is 12.0. The van der Waals surface area contributed by atoms with E-state index >= 15 is 0 Å². The maximum Gasteiger partial charge on any atom is 0.311 e. The molecule has 0 aliphatic rings. The normalized spacial score (nSPS) is 12.8. The zero-order valence-electron chi connectivity index (χ0n) is 12.8. The number of hydrogen-bond donors (Lipinski definition) is 1. The van der Waals surface area contributed by atoms with Gasteiger partial charge in [0.25, 0.3) is 0 Å². The summed E-state index contributed by atoms with van der Waals surface area (Å²) in [6, 6.07) is 7.72. The predicted molar refractivity (Wildman–Crippen MR) is 79.7 cm³/mol. The van der Waals surface area contributed by atoms with Crippen molar-refractivity contribution < 1.29 is 14.3 Å². The van der Waals surface area contributed by atoms with Crippen LogP contribution in [0.25, 0.3) is 0 Å². The molecule has 0 saturated carbocycles. The van der Waals surface area contributed by atoms with Crippen LogP contribution in [-0.4, -0.2) is 24.7 Å². The van der Waals surface area contributed by atoms with Crippen LogP contribution in [0.15, 0.2) is 24.3 Å². The van der Waals surface area contributed by atoms with Crippen LogP contribution in [-0.2, 0) is 16.0 Å². The molecule has 0 amide bonds. The highest BCUT2D eigenvalue weighted by Crippen LogP contribution is 2.17. The van der Waals surface area contributed by atoms with Crippen LogP contribution in [0.2, 0.25) is 0 Å². The highest BCUT2D eigenvalue weighted by molar-refractivity contribution is 5.73. The minimum absolute atomic E-state index is 0.242. The molecule has 1 unspecified atom stereocenters. The minimum Gasteiger partial charge on any atom is -0.494 e. The largest absolute Gasteiger partial charge is 0.494 e. The molecule has 0 fully saturated rings. The van der Waals surface area contributed by atoms with Crippen LogP contribution in [0.5, 0.6) is 5.75 Å². The summed E-state index contributed by atoms with van der Waals surface area (Å²) in [5.41, 5.74) is 6.26. The van der Waals surface area contributed by atoms with E-state index < -0.39 is 5.60 Å². The Kier molecular flexibility index (Phi) is 6.02. The zero-order chi connectivity index (χ0) is 15.2. The Morgan fingerprint density at radius 3 is 2.30 bits per heavy atom. The number of hydrogen-bond acceptors (Lipinski definition) is 4. The van der Waals surface area contributed by atoms with E-state index in [0.29, 0.717) is 13.0 Å². The SMILES string of the molecule is CCOc1ccc(CC(CN)C(=O)OC(C)(C)C)cc1. The van der Waals surface area contributed by atoms with E-state index in [1.165, 1.54) is 0 Å². The van der Waals surface area contributed by atoms with E-state index in [4.69, 9.17) is 15.2 Å². The molecule has 0 spiro atoms. The molecule has 0 saturated heterocycles. The van der Waals surface area contributed by atoms with Gasteiger partial charge in [-0.25, -0.2) is 0 Å². The third kappa shape index (κ3) is 5.61. The van der Waals surface area contributed by atoms with Crippen LogP contribution in [0.1, 0.15) is 33.3 Å². The van der Waals surface area contributed by atoms with Crippen LogP contribution >= 0.6 is 0 Å². The van der Waals surface area contributed by atoms with E-state index in [9.17, 15) is 4.79 Å². The molecule has 1 atom stereocenters. The molecule has 0 bridgehead atoms. The van der Waals surface area contributed by atoms with Gasteiger partial charge in [-0.3, -0.25) is 4.79 Å². The fourth-order valence-electron chi connectivity index (χ4n) is 1.82. The number of carbonyl (C=O) groups is 1. The van der Waals surface area contributed by atoms with Gasteiger partial charge in [-0.1, -0.05) is 12.1 Å². The van der Waals surface area contributed by atoms with E-state index in [1.807, 2.05) is 52.0 Å². The monoisotopic (exact) mass is 279 g/mol. The Hall–Kier alpha value is -1.55. The molecule has 2 N–H and O–H groups in total. The van der Waals surface area contributed by atoms with E-state index in [1.54, 1.807) is 0 Å². The summed E-state index contributed by atoms with van der Waals surface area (Å²) < 4.78 is 10.8. The first-order valence-electron chi connectivity index (χ1n) is 7.00. The van der Waals surface area contributed by atoms with Gasteiger partial charge in [0.1, 0.15) is 11.4 Å². The molecule has 20 heavy (non-hydrogen) atoms. The summed E-state index contributed by atoms with van der Waals surface area (Å²) >= 11 is 0. The molecular weight excluding hydrogens is 254 g/mol. The van der Waals surface area contributed by atoms with Gasteiger partial charge < -0.3 is 15.2 Å². The number of nitrogens with two attached hydrogens (primary N) is 1. The first kappa shape index (κ1) is 16.5. The van der Waals surface area contributed by atoms with Gasteiger partial charge in [0.15, 0.2) is 0 Å². The van der Waals surface area contributed by atoms with Gasteiger partial charge in [0.05, 0.1) is 12.5 Å². The van der Waals surface area contributed by atoms with Crippen molar-refractivity contribution in [2.75, 3.05) is 13.2 Å². The molecule has 0 aliphatic carbocycles. The molecule has 1 aromatic carbocycles. The first-order chi connectivity index (χ1) is 9.35. The molecule has 112 valence electrons. The van der Waals surface area contributed by atoms with Crippen LogP contribution in [0, 0.1) is 5.92 Å². The lowest BCUT2D eigenvalue weighted by atomic mass is 9.99. The fourth-order valence-corrected chi connectivity index (χ4v) is 1.82. The second-order valence-electron chi connectivity index (χ2n) is 5.75. The molecule has 0 radical (unpaired) electrons. The summed E-state index contributed by atoms with van der Waals surface area (Å²) in [7, 11) is 0. The summed E-state index contributed by atoms with van der Waals surface area (Å²) in [5.74, 6) is 0.277. The van der Waals surface area contributed by atoms with E-state index in [-0.39, 0.29) is 18.4 Å². The molecule has 0 aromatic heterocycles. The maximum absolute atomic E-state index is 12.0. The standard InChI is InChI=1S/C16H25NO3/c1-5-19-14-8-6-12(7-9-14)10-13(11-17)15(18)20-16(2,3)4/h6-9,13H,5,10-11,17H2,1-4H3. The second kappa shape index (κ2) is 7.29. The Balaban J connectivity index is 2.66. The van der Waals surface area contributed by atoms with Gasteiger partial charge in [-0.05, 0) is 51.8 Å². The molecule has 4 nitrogen and oxygen atoms in total. The van der Waals surface area contributed by atoms with Gasteiger partial charge in [0, 0.05) is 6.54 Å². The van der Waals surface area contributed by atoms with E-state index in [0.717, 1.165) is 11.3 Å². The van der Waals surface area contributed by atoms with Crippen molar-refractivity contribution in [1.29, 1.82) is 0 Å². The van der Waals surface area contributed by atoms with E-state index in [2.05, 4.69) is 0 Å². The fraction of sp³-hybridized carbons (Fsp3) is 0.562. The minimum atomic E-state index is -0.483. The van der Waals surface area contributed by atoms with Crippen molar-refractivity contribution in [3.8, 4) is 5.75 Å². The number of carbonyl (C=O) groups excluding carboxylic acids is 1. The smallest absolute Gasteiger partial charge is 0.311 e. The van der Waals surface area contributed by atoms with Crippen molar-refractivity contribution in [3.63, 3.8) is 0 Å². The quantitative estimate of drug-likeness (QED) is 0.813. The molecule has 0 heterocycles.